The minimum Gasteiger partial charge on any atom is -0.396 e. The fourth-order valence-electron chi connectivity index (χ4n) is 2.53. The van der Waals surface area contributed by atoms with E-state index in [9.17, 15) is 5.26 Å². The lowest BCUT2D eigenvalue weighted by atomic mass is 9.95. The number of anilines is 1. The van der Waals surface area contributed by atoms with Gasteiger partial charge in [0.25, 0.3) is 0 Å². The summed E-state index contributed by atoms with van der Waals surface area (Å²) in [7, 11) is 0. The van der Waals surface area contributed by atoms with Crippen molar-refractivity contribution in [3.8, 4) is 6.07 Å². The molecule has 102 valence electrons. The molecule has 1 unspecified atom stereocenters. The highest BCUT2D eigenvalue weighted by molar-refractivity contribution is 5.55. The Morgan fingerprint density at radius 1 is 1.47 bits per heavy atom. The minimum absolute atomic E-state index is 0.203. The van der Waals surface area contributed by atoms with Gasteiger partial charge < -0.3 is 10.4 Å². The van der Waals surface area contributed by atoms with Crippen LogP contribution < -0.4 is 5.32 Å². The molecule has 1 aliphatic rings. The van der Waals surface area contributed by atoms with E-state index in [1.165, 1.54) is 18.4 Å². The predicted octanol–water partition coefficient (Wildman–Crippen LogP) is 2.40. The number of rotatable bonds is 5. The second-order valence-electron chi connectivity index (χ2n) is 5.22. The molecule has 0 aromatic carbocycles. The number of hydrogen-bond donors (Lipinski definition) is 2. The average Bonchev–Trinajstić information content (AvgIpc) is 2.44. The van der Waals surface area contributed by atoms with Gasteiger partial charge in [0.2, 0.25) is 0 Å². The molecule has 1 aromatic heterocycles. The van der Waals surface area contributed by atoms with Crippen LogP contribution in [0.2, 0.25) is 0 Å². The predicted molar refractivity (Wildman–Crippen MR) is 75.0 cm³/mol. The zero-order valence-corrected chi connectivity index (χ0v) is 11.4. The van der Waals surface area contributed by atoms with E-state index < -0.39 is 0 Å². The summed E-state index contributed by atoms with van der Waals surface area (Å²) in [5.74, 6) is 0.702. The number of fused-ring (bicyclic) bond motifs is 1. The lowest BCUT2D eigenvalue weighted by Crippen LogP contribution is -2.19. The molecule has 1 aromatic rings. The van der Waals surface area contributed by atoms with Crippen LogP contribution in [0.15, 0.2) is 6.07 Å². The lowest BCUT2D eigenvalue weighted by Gasteiger charge is -2.19. The van der Waals surface area contributed by atoms with Crippen molar-refractivity contribution in [1.82, 2.24) is 4.98 Å². The summed E-state index contributed by atoms with van der Waals surface area (Å²) in [6.45, 7) is 2.26. The van der Waals surface area contributed by atoms with E-state index in [-0.39, 0.29) is 12.6 Å². The second kappa shape index (κ2) is 6.53. The molecule has 1 heterocycles. The van der Waals surface area contributed by atoms with Crippen molar-refractivity contribution >= 4 is 5.82 Å². The Morgan fingerprint density at radius 2 is 2.26 bits per heavy atom. The summed E-state index contributed by atoms with van der Waals surface area (Å²) in [4.78, 5) is 4.64. The quantitative estimate of drug-likeness (QED) is 0.852. The highest BCUT2D eigenvalue weighted by Gasteiger charge is 2.16. The Hall–Kier alpha value is -1.60. The molecule has 19 heavy (non-hydrogen) atoms. The number of nitriles is 1. The topological polar surface area (TPSA) is 68.9 Å². The van der Waals surface area contributed by atoms with Crippen molar-refractivity contribution in [3.63, 3.8) is 0 Å². The molecule has 4 heteroatoms. The van der Waals surface area contributed by atoms with Gasteiger partial charge in [-0.25, -0.2) is 4.98 Å². The summed E-state index contributed by atoms with van der Waals surface area (Å²) in [6, 6.07) is 4.44. The Morgan fingerprint density at radius 3 is 3.00 bits per heavy atom. The molecule has 0 aliphatic heterocycles. The maximum Gasteiger partial charge on any atom is 0.144 e. The van der Waals surface area contributed by atoms with E-state index in [0.29, 0.717) is 11.4 Å². The normalized spacial score (nSPS) is 15.4. The Kier molecular flexibility index (Phi) is 4.75. The summed E-state index contributed by atoms with van der Waals surface area (Å²) in [5.41, 5.74) is 3.01. The van der Waals surface area contributed by atoms with Crippen LogP contribution in [-0.2, 0) is 12.8 Å². The molecular weight excluding hydrogens is 238 g/mol. The molecular formula is C15H21N3O. The van der Waals surface area contributed by atoms with E-state index in [4.69, 9.17) is 5.11 Å². The van der Waals surface area contributed by atoms with Crippen LogP contribution in [0.3, 0.4) is 0 Å². The fraction of sp³-hybridized carbons (Fsp3) is 0.600. The van der Waals surface area contributed by atoms with Crippen molar-refractivity contribution in [2.75, 3.05) is 11.9 Å². The molecule has 0 bridgehead atoms. The zero-order chi connectivity index (χ0) is 13.7. The van der Waals surface area contributed by atoms with Gasteiger partial charge in [-0.3, -0.25) is 0 Å². The van der Waals surface area contributed by atoms with Crippen LogP contribution in [-0.4, -0.2) is 22.7 Å². The monoisotopic (exact) mass is 259 g/mol. The van der Waals surface area contributed by atoms with Crippen molar-refractivity contribution in [2.24, 2.45) is 0 Å². The molecule has 0 saturated heterocycles. The first-order valence-corrected chi connectivity index (χ1v) is 7.05. The largest absolute Gasteiger partial charge is 0.396 e. The number of aryl methyl sites for hydroxylation is 2. The summed E-state index contributed by atoms with van der Waals surface area (Å²) >= 11 is 0. The third-order valence-electron chi connectivity index (χ3n) is 3.60. The van der Waals surface area contributed by atoms with Gasteiger partial charge in [0, 0.05) is 18.3 Å². The van der Waals surface area contributed by atoms with Gasteiger partial charge in [-0.2, -0.15) is 5.26 Å². The zero-order valence-electron chi connectivity index (χ0n) is 11.4. The van der Waals surface area contributed by atoms with Gasteiger partial charge in [0.1, 0.15) is 11.9 Å². The summed E-state index contributed by atoms with van der Waals surface area (Å²) < 4.78 is 0. The number of nitrogens with one attached hydrogen (secondary N) is 1. The molecule has 2 rings (SSSR count). The highest BCUT2D eigenvalue weighted by atomic mass is 16.2. The Labute approximate surface area is 114 Å². The first kappa shape index (κ1) is 13.8. The third-order valence-corrected chi connectivity index (χ3v) is 3.60. The summed E-state index contributed by atoms with van der Waals surface area (Å²) in [6.07, 6.45) is 6.07. The maximum absolute atomic E-state index is 9.24. The van der Waals surface area contributed by atoms with Gasteiger partial charge in [0.15, 0.2) is 0 Å². The number of nitrogens with zero attached hydrogens (tertiary/aromatic N) is 2. The van der Waals surface area contributed by atoms with Gasteiger partial charge in [-0.05, 0) is 57.1 Å². The van der Waals surface area contributed by atoms with E-state index in [1.807, 2.05) is 6.07 Å². The highest BCUT2D eigenvalue weighted by Crippen LogP contribution is 2.24. The molecule has 0 radical (unpaired) electrons. The fourth-order valence-corrected chi connectivity index (χ4v) is 2.53. The van der Waals surface area contributed by atoms with Gasteiger partial charge in [0.05, 0.1) is 5.56 Å². The van der Waals surface area contributed by atoms with Crippen LogP contribution in [0.5, 0.6) is 0 Å². The van der Waals surface area contributed by atoms with Crippen LogP contribution in [0.1, 0.15) is 49.4 Å². The number of pyridine rings is 1. The molecule has 0 amide bonds. The molecule has 1 atom stereocenters. The number of aliphatic hydroxyl groups is 1. The second-order valence-corrected chi connectivity index (χ2v) is 5.22. The van der Waals surface area contributed by atoms with Crippen LogP contribution in [0.4, 0.5) is 5.82 Å². The van der Waals surface area contributed by atoms with E-state index in [1.54, 1.807) is 0 Å². The first-order valence-electron chi connectivity index (χ1n) is 7.05. The van der Waals surface area contributed by atoms with Crippen LogP contribution in [0.25, 0.3) is 0 Å². The number of hydrogen-bond acceptors (Lipinski definition) is 4. The van der Waals surface area contributed by atoms with Crippen molar-refractivity contribution < 1.29 is 5.11 Å². The first-order chi connectivity index (χ1) is 9.24. The van der Waals surface area contributed by atoms with E-state index in [0.717, 1.165) is 31.4 Å². The smallest absolute Gasteiger partial charge is 0.144 e. The number of aliphatic hydroxyl groups excluding tert-OH is 1. The molecule has 0 saturated carbocycles. The van der Waals surface area contributed by atoms with Gasteiger partial charge in [-0.1, -0.05) is 0 Å². The third kappa shape index (κ3) is 3.45. The lowest BCUT2D eigenvalue weighted by molar-refractivity contribution is 0.282. The Bertz CT molecular complexity index is 479. The van der Waals surface area contributed by atoms with Crippen molar-refractivity contribution in [1.29, 1.82) is 5.26 Å². The molecule has 2 N–H and O–H groups in total. The van der Waals surface area contributed by atoms with Crippen LogP contribution in [0, 0.1) is 11.3 Å². The van der Waals surface area contributed by atoms with Crippen LogP contribution >= 0.6 is 0 Å². The van der Waals surface area contributed by atoms with Gasteiger partial charge in [-0.15, -0.1) is 0 Å². The molecule has 1 aliphatic carbocycles. The molecule has 4 nitrogen and oxygen atoms in total. The maximum atomic E-state index is 9.24. The molecule has 0 fully saturated rings. The van der Waals surface area contributed by atoms with Gasteiger partial charge >= 0.3 is 0 Å². The van der Waals surface area contributed by atoms with Crippen molar-refractivity contribution in [3.05, 3.63) is 22.9 Å². The molecule has 0 spiro atoms. The van der Waals surface area contributed by atoms with Crippen molar-refractivity contribution in [2.45, 2.75) is 51.5 Å². The SMILES string of the molecule is CC(CCCO)Nc1nc2c(cc1C#N)CCCC2. The average molecular weight is 259 g/mol. The minimum atomic E-state index is 0.203. The standard InChI is InChI=1S/C15H21N3O/c1-11(5-4-8-19)17-15-13(10-16)9-12-6-2-3-7-14(12)18-15/h9,11,19H,2-8H2,1H3,(H,17,18). The van der Waals surface area contributed by atoms with E-state index >= 15 is 0 Å². The summed E-state index contributed by atoms with van der Waals surface area (Å²) in [5, 5.41) is 21.4. The number of aromatic nitrogens is 1. The van der Waals surface area contributed by atoms with E-state index in [2.05, 4.69) is 23.3 Å². The Balaban J connectivity index is 2.17.